The number of Topliss-reactive ketones (excluding diaryl/α,β-unsaturated/α-hetero) is 1. The predicted octanol–water partition coefficient (Wildman–Crippen LogP) is 3.19. The summed E-state index contributed by atoms with van der Waals surface area (Å²) in [5.74, 6) is -0.499. The second-order valence-corrected chi connectivity index (χ2v) is 8.75. The van der Waals surface area contributed by atoms with Crippen LogP contribution in [0.4, 0.5) is 0 Å². The fourth-order valence-corrected chi connectivity index (χ4v) is 4.31. The van der Waals surface area contributed by atoms with Crippen LogP contribution >= 0.6 is 0 Å². The number of benzene rings is 1. The molecule has 1 aliphatic carbocycles. The Labute approximate surface area is 179 Å². The van der Waals surface area contributed by atoms with Crippen LogP contribution in [0.1, 0.15) is 57.9 Å². The minimum absolute atomic E-state index is 0.00320. The van der Waals surface area contributed by atoms with Gasteiger partial charge in [-0.1, -0.05) is 56.5 Å². The maximum Gasteiger partial charge on any atom is 0.242 e. The van der Waals surface area contributed by atoms with Gasteiger partial charge in [0, 0.05) is 31.5 Å². The van der Waals surface area contributed by atoms with Crippen molar-refractivity contribution in [1.82, 2.24) is 9.80 Å². The third-order valence-corrected chi connectivity index (χ3v) is 6.34. The highest BCUT2D eigenvalue weighted by Gasteiger charge is 2.35. The minimum Gasteiger partial charge on any atom is -0.370 e. The zero-order valence-electron chi connectivity index (χ0n) is 18.2. The van der Waals surface area contributed by atoms with Gasteiger partial charge in [-0.25, -0.2) is 0 Å². The molecule has 0 bridgehead atoms. The lowest BCUT2D eigenvalue weighted by atomic mass is 9.94. The molecule has 0 N–H and O–H groups in total. The Morgan fingerprint density at radius 3 is 2.47 bits per heavy atom. The van der Waals surface area contributed by atoms with Gasteiger partial charge in [0.05, 0.1) is 19.3 Å². The quantitative estimate of drug-likeness (QED) is 0.687. The monoisotopic (exact) mass is 414 g/mol. The van der Waals surface area contributed by atoms with Gasteiger partial charge in [0.2, 0.25) is 11.8 Å². The number of ketones is 1. The summed E-state index contributed by atoms with van der Waals surface area (Å²) in [4.78, 5) is 41.1. The fourth-order valence-electron chi connectivity index (χ4n) is 4.31. The summed E-state index contributed by atoms with van der Waals surface area (Å²) in [7, 11) is 0. The Balaban J connectivity index is 1.72. The van der Waals surface area contributed by atoms with Crippen molar-refractivity contribution in [3.63, 3.8) is 0 Å². The van der Waals surface area contributed by atoms with E-state index in [0.29, 0.717) is 19.7 Å². The molecular weight excluding hydrogens is 380 g/mol. The summed E-state index contributed by atoms with van der Waals surface area (Å²) in [6, 6.07) is 10.2. The molecule has 0 aromatic heterocycles. The maximum atomic E-state index is 13.1. The number of hydrogen-bond donors (Lipinski definition) is 0. The molecule has 0 spiro atoms. The van der Waals surface area contributed by atoms with Gasteiger partial charge in [0.15, 0.2) is 0 Å². The summed E-state index contributed by atoms with van der Waals surface area (Å²) in [5, 5.41) is 0. The number of carbonyl (C=O) groups is 3. The number of amides is 2. The van der Waals surface area contributed by atoms with Gasteiger partial charge < -0.3 is 14.5 Å². The van der Waals surface area contributed by atoms with Crippen LogP contribution in [-0.4, -0.2) is 59.2 Å². The minimum atomic E-state index is -0.339. The Hall–Kier alpha value is -2.21. The van der Waals surface area contributed by atoms with Crippen LogP contribution in [0, 0.1) is 5.92 Å². The number of hydrogen-bond acceptors (Lipinski definition) is 4. The van der Waals surface area contributed by atoms with E-state index in [1.165, 1.54) is 13.3 Å². The number of rotatable bonds is 7. The van der Waals surface area contributed by atoms with Crippen molar-refractivity contribution in [3.8, 4) is 0 Å². The van der Waals surface area contributed by atoms with E-state index < -0.39 is 0 Å². The molecule has 30 heavy (non-hydrogen) atoms. The van der Waals surface area contributed by atoms with Gasteiger partial charge in [-0.3, -0.25) is 14.4 Å². The molecule has 0 unspecified atom stereocenters. The van der Waals surface area contributed by atoms with Crippen molar-refractivity contribution in [1.29, 1.82) is 0 Å². The van der Waals surface area contributed by atoms with Crippen LogP contribution in [-0.2, 0) is 25.7 Å². The van der Waals surface area contributed by atoms with E-state index in [-0.39, 0.29) is 48.6 Å². The highest BCUT2D eigenvalue weighted by atomic mass is 16.5. The van der Waals surface area contributed by atoms with E-state index in [9.17, 15) is 14.4 Å². The van der Waals surface area contributed by atoms with Crippen molar-refractivity contribution in [2.45, 2.75) is 71.1 Å². The van der Waals surface area contributed by atoms with E-state index in [2.05, 4.69) is 0 Å². The molecule has 164 valence electrons. The van der Waals surface area contributed by atoms with Crippen molar-refractivity contribution in [2.75, 3.05) is 19.6 Å². The summed E-state index contributed by atoms with van der Waals surface area (Å²) in [6.07, 6.45) is 5.44. The van der Waals surface area contributed by atoms with E-state index in [1.807, 2.05) is 35.2 Å². The second-order valence-electron chi connectivity index (χ2n) is 8.75. The molecule has 2 aliphatic rings. The zero-order valence-corrected chi connectivity index (χ0v) is 18.2. The lowest BCUT2D eigenvalue weighted by molar-refractivity contribution is -0.141. The van der Waals surface area contributed by atoms with E-state index in [4.69, 9.17) is 4.74 Å². The molecular formula is C24H34N2O4. The highest BCUT2D eigenvalue weighted by molar-refractivity contribution is 5.88. The average molecular weight is 415 g/mol. The molecule has 0 radical (unpaired) electrons. The van der Waals surface area contributed by atoms with Crippen molar-refractivity contribution < 1.29 is 19.1 Å². The topological polar surface area (TPSA) is 66.9 Å². The smallest absolute Gasteiger partial charge is 0.242 e. The zero-order chi connectivity index (χ0) is 21.5. The molecule has 1 saturated carbocycles. The first kappa shape index (κ1) is 22.5. The summed E-state index contributed by atoms with van der Waals surface area (Å²) in [5.41, 5.74) is 1.07. The Morgan fingerprint density at radius 2 is 1.80 bits per heavy atom. The Kier molecular flexibility index (Phi) is 8.02. The predicted molar refractivity (Wildman–Crippen MR) is 115 cm³/mol. The molecule has 6 heteroatoms. The van der Waals surface area contributed by atoms with Crippen LogP contribution in [0.3, 0.4) is 0 Å². The second kappa shape index (κ2) is 10.7. The van der Waals surface area contributed by atoms with Gasteiger partial charge in [0.1, 0.15) is 5.78 Å². The van der Waals surface area contributed by atoms with Crippen molar-refractivity contribution in [2.24, 2.45) is 5.92 Å². The van der Waals surface area contributed by atoms with Gasteiger partial charge in [-0.15, -0.1) is 0 Å². The lowest BCUT2D eigenvalue weighted by Gasteiger charge is -2.34. The molecule has 1 aliphatic heterocycles. The molecule has 2 amide bonds. The van der Waals surface area contributed by atoms with E-state index >= 15 is 0 Å². The normalized spacial score (nSPS) is 21.9. The molecule has 1 aromatic rings. The fraction of sp³-hybridized carbons (Fsp3) is 0.625. The van der Waals surface area contributed by atoms with Crippen molar-refractivity contribution in [3.05, 3.63) is 35.9 Å². The van der Waals surface area contributed by atoms with E-state index in [1.54, 1.807) is 11.8 Å². The summed E-state index contributed by atoms with van der Waals surface area (Å²) >= 11 is 0. The van der Waals surface area contributed by atoms with Crippen LogP contribution in [0.25, 0.3) is 0 Å². The number of ether oxygens (including phenoxy) is 1. The van der Waals surface area contributed by atoms with Gasteiger partial charge in [-0.05, 0) is 25.3 Å². The molecule has 1 aromatic carbocycles. The van der Waals surface area contributed by atoms with Crippen LogP contribution in [0.15, 0.2) is 30.3 Å². The maximum absolute atomic E-state index is 13.1. The molecule has 3 rings (SSSR count). The van der Waals surface area contributed by atoms with Gasteiger partial charge >= 0.3 is 0 Å². The van der Waals surface area contributed by atoms with E-state index in [0.717, 1.165) is 31.2 Å². The van der Waals surface area contributed by atoms with Gasteiger partial charge in [-0.2, -0.15) is 0 Å². The van der Waals surface area contributed by atoms with Crippen molar-refractivity contribution >= 4 is 17.6 Å². The molecule has 1 heterocycles. The highest BCUT2D eigenvalue weighted by Crippen LogP contribution is 2.25. The Bertz CT molecular complexity index is 730. The standard InChI is InChI=1S/C24H34N2O4/c1-18(19(2)27)13-23(28)25-14-22(30-17-20-9-5-3-6-10-20)15-26(24(29)16-25)21-11-7-4-8-12-21/h3,5-6,9-10,18,21-22H,4,7-8,11-17H2,1-2H3/t18-,22+/m0/s1. The Morgan fingerprint density at radius 1 is 1.10 bits per heavy atom. The first-order chi connectivity index (χ1) is 14.4. The summed E-state index contributed by atoms with van der Waals surface area (Å²) < 4.78 is 6.20. The third kappa shape index (κ3) is 6.14. The van der Waals surface area contributed by atoms with Gasteiger partial charge in [0.25, 0.3) is 0 Å². The first-order valence-corrected chi connectivity index (χ1v) is 11.2. The number of nitrogens with zero attached hydrogens (tertiary/aromatic N) is 2. The lowest BCUT2D eigenvalue weighted by Crippen LogP contribution is -2.46. The largest absolute Gasteiger partial charge is 0.370 e. The molecule has 1 saturated heterocycles. The molecule has 2 atom stereocenters. The first-order valence-electron chi connectivity index (χ1n) is 11.2. The number of carbonyl (C=O) groups excluding carboxylic acids is 3. The summed E-state index contributed by atoms with van der Waals surface area (Å²) in [6.45, 7) is 4.68. The molecule has 2 fully saturated rings. The van der Waals surface area contributed by atoms with Crippen LogP contribution < -0.4 is 0 Å². The molecule has 6 nitrogen and oxygen atoms in total. The van der Waals surface area contributed by atoms with Crippen LogP contribution in [0.5, 0.6) is 0 Å². The SMILES string of the molecule is CC(=O)[C@@H](C)CC(=O)N1CC(=O)N(C2CCCCC2)C[C@H](OCc2ccccc2)C1. The average Bonchev–Trinajstić information content (AvgIpc) is 2.92. The van der Waals surface area contributed by atoms with Crippen LogP contribution in [0.2, 0.25) is 0 Å². The third-order valence-electron chi connectivity index (χ3n) is 6.34.